The Kier molecular flexibility index (Phi) is 5.28. The van der Waals surface area contributed by atoms with Crippen LogP contribution < -0.4 is 5.32 Å². The van der Waals surface area contributed by atoms with Crippen LogP contribution in [0.1, 0.15) is 30.8 Å². The number of carbonyl (C=O) groups excluding carboxylic acids is 2. The molecule has 98 valence electrons. The number of halogens is 2. The van der Waals surface area contributed by atoms with E-state index in [4.69, 9.17) is 11.6 Å². The summed E-state index contributed by atoms with van der Waals surface area (Å²) in [5.41, 5.74) is -0.740. The first-order valence-corrected chi connectivity index (χ1v) is 6.82. The van der Waals surface area contributed by atoms with E-state index in [0.29, 0.717) is 6.42 Å². The molecule has 1 aromatic heterocycles. The van der Waals surface area contributed by atoms with Crippen LogP contribution in [0.2, 0.25) is 0 Å². The lowest BCUT2D eigenvalue weighted by Gasteiger charge is -2.28. The molecule has 0 fully saturated rings. The number of ketones is 1. The Morgan fingerprint density at radius 2 is 2.22 bits per heavy atom. The van der Waals surface area contributed by atoms with Crippen LogP contribution in [0.25, 0.3) is 0 Å². The van der Waals surface area contributed by atoms with E-state index in [9.17, 15) is 9.59 Å². The Balaban J connectivity index is 2.87. The first kappa shape index (κ1) is 15.1. The van der Waals surface area contributed by atoms with Gasteiger partial charge in [-0.1, -0.05) is 28.9 Å². The molecule has 2 unspecified atom stereocenters. The maximum Gasteiger partial charge on any atom is 0.270 e. The van der Waals surface area contributed by atoms with E-state index in [1.165, 1.54) is 6.20 Å². The minimum Gasteiger partial charge on any atom is -0.338 e. The molecule has 6 heteroatoms. The number of amides is 1. The second-order valence-electron chi connectivity index (χ2n) is 4.02. The molecule has 0 saturated carbocycles. The minimum absolute atomic E-state index is 0.269. The summed E-state index contributed by atoms with van der Waals surface area (Å²) in [7, 11) is 0. The Bertz CT molecular complexity index is 439. The highest BCUT2D eigenvalue weighted by Crippen LogP contribution is 2.20. The van der Waals surface area contributed by atoms with Crippen molar-refractivity contribution in [2.45, 2.75) is 30.1 Å². The van der Waals surface area contributed by atoms with E-state index in [0.717, 1.165) is 0 Å². The number of rotatable bonds is 5. The summed E-state index contributed by atoms with van der Waals surface area (Å²) in [4.78, 5) is 27.8. The molecule has 0 aliphatic heterocycles. The molecule has 0 spiro atoms. The van der Waals surface area contributed by atoms with Gasteiger partial charge in [-0.05, 0) is 25.5 Å². The lowest BCUT2D eigenvalue weighted by atomic mass is 9.94. The van der Waals surface area contributed by atoms with Crippen molar-refractivity contribution in [3.63, 3.8) is 0 Å². The van der Waals surface area contributed by atoms with E-state index in [1.54, 1.807) is 25.1 Å². The summed E-state index contributed by atoms with van der Waals surface area (Å²) in [6.07, 6.45) is 1.97. The molecule has 0 saturated heterocycles. The first-order chi connectivity index (χ1) is 8.40. The Labute approximate surface area is 119 Å². The van der Waals surface area contributed by atoms with Gasteiger partial charge in [-0.15, -0.1) is 11.6 Å². The Morgan fingerprint density at radius 1 is 1.56 bits per heavy atom. The molecule has 1 amide bonds. The van der Waals surface area contributed by atoms with Crippen molar-refractivity contribution in [1.29, 1.82) is 0 Å². The van der Waals surface area contributed by atoms with Gasteiger partial charge in [0.05, 0.1) is 5.54 Å². The molecule has 0 radical (unpaired) electrons. The highest BCUT2D eigenvalue weighted by Gasteiger charge is 2.36. The zero-order valence-electron chi connectivity index (χ0n) is 10.1. The fourth-order valence-electron chi connectivity index (χ4n) is 1.38. The molecule has 0 aromatic carbocycles. The topological polar surface area (TPSA) is 59.1 Å². The van der Waals surface area contributed by atoms with Crippen LogP contribution in [0, 0.1) is 0 Å². The number of hydrogen-bond acceptors (Lipinski definition) is 3. The van der Waals surface area contributed by atoms with E-state index in [2.05, 4.69) is 26.2 Å². The van der Waals surface area contributed by atoms with Gasteiger partial charge < -0.3 is 5.32 Å². The average molecular weight is 334 g/mol. The van der Waals surface area contributed by atoms with E-state index >= 15 is 0 Å². The number of hydrogen-bond donors (Lipinski definition) is 1. The average Bonchev–Trinajstić information content (AvgIpc) is 2.38. The number of aromatic nitrogens is 1. The molecule has 0 aliphatic carbocycles. The van der Waals surface area contributed by atoms with Crippen molar-refractivity contribution in [2.24, 2.45) is 0 Å². The quantitative estimate of drug-likeness (QED) is 0.842. The molecular weight excluding hydrogens is 320 g/mol. The number of Topliss-reactive ketones (excluding diaryl/α,β-unsaturated/α-hetero) is 1. The summed E-state index contributed by atoms with van der Waals surface area (Å²) >= 11 is 8.73. The zero-order valence-corrected chi connectivity index (χ0v) is 12.5. The summed E-state index contributed by atoms with van der Waals surface area (Å²) in [5.74, 6) is -0.672. The van der Waals surface area contributed by atoms with Gasteiger partial charge in [0.15, 0.2) is 5.78 Å². The molecular formula is C12H14BrClN2O2. The number of nitrogens with one attached hydrogen (secondary N) is 1. The number of carbonyl (C=O) groups is 2. The normalized spacial score (nSPS) is 15.6. The summed E-state index contributed by atoms with van der Waals surface area (Å²) in [6.45, 7) is 3.45. The van der Waals surface area contributed by atoms with Gasteiger partial charge in [-0.3, -0.25) is 14.6 Å². The number of alkyl halides is 2. The second-order valence-corrected chi connectivity index (χ2v) is 5.90. The number of pyridine rings is 1. The van der Waals surface area contributed by atoms with Crippen molar-refractivity contribution < 1.29 is 9.59 Å². The predicted molar refractivity (Wildman–Crippen MR) is 74.0 cm³/mol. The summed E-state index contributed by atoms with van der Waals surface area (Å²) in [6, 6.07) is 5.01. The highest BCUT2D eigenvalue weighted by molar-refractivity contribution is 9.10. The van der Waals surface area contributed by atoms with Gasteiger partial charge in [-0.2, -0.15) is 0 Å². The van der Waals surface area contributed by atoms with Crippen LogP contribution in [-0.2, 0) is 4.79 Å². The second kappa shape index (κ2) is 6.29. The predicted octanol–water partition coefficient (Wildman–Crippen LogP) is 2.51. The van der Waals surface area contributed by atoms with Crippen LogP contribution >= 0.6 is 27.5 Å². The molecule has 18 heavy (non-hydrogen) atoms. The van der Waals surface area contributed by atoms with Crippen molar-refractivity contribution in [1.82, 2.24) is 10.3 Å². The minimum atomic E-state index is -1.01. The van der Waals surface area contributed by atoms with Crippen LogP contribution in [0.4, 0.5) is 0 Å². The van der Waals surface area contributed by atoms with Crippen LogP contribution in [-0.4, -0.2) is 26.5 Å². The van der Waals surface area contributed by atoms with Gasteiger partial charge in [-0.25, -0.2) is 0 Å². The van der Waals surface area contributed by atoms with Gasteiger partial charge in [0.25, 0.3) is 5.91 Å². The molecule has 1 heterocycles. The maximum atomic E-state index is 12.0. The van der Waals surface area contributed by atoms with Gasteiger partial charge in [0, 0.05) is 6.20 Å². The third kappa shape index (κ3) is 3.53. The van der Waals surface area contributed by atoms with Crippen LogP contribution in [0.3, 0.4) is 0 Å². The van der Waals surface area contributed by atoms with Gasteiger partial charge in [0.1, 0.15) is 9.98 Å². The molecule has 1 rings (SSSR count). The summed E-state index contributed by atoms with van der Waals surface area (Å²) < 4.78 is -0.827. The van der Waals surface area contributed by atoms with Crippen LogP contribution in [0.15, 0.2) is 24.4 Å². The molecule has 0 aliphatic rings. The van der Waals surface area contributed by atoms with E-state index in [-0.39, 0.29) is 11.5 Å². The van der Waals surface area contributed by atoms with E-state index in [1.807, 2.05) is 6.92 Å². The molecule has 0 bridgehead atoms. The van der Waals surface area contributed by atoms with Gasteiger partial charge in [0.2, 0.25) is 0 Å². The Morgan fingerprint density at radius 3 is 2.67 bits per heavy atom. The van der Waals surface area contributed by atoms with Crippen molar-refractivity contribution in [3.8, 4) is 0 Å². The third-order valence-electron chi connectivity index (χ3n) is 2.74. The molecule has 1 aromatic rings. The monoisotopic (exact) mass is 332 g/mol. The lowest BCUT2D eigenvalue weighted by Crippen LogP contribution is -2.53. The smallest absolute Gasteiger partial charge is 0.270 e. The fourth-order valence-corrected chi connectivity index (χ4v) is 2.12. The first-order valence-electron chi connectivity index (χ1n) is 5.46. The lowest BCUT2D eigenvalue weighted by molar-refractivity contribution is -0.122. The van der Waals surface area contributed by atoms with Gasteiger partial charge >= 0.3 is 0 Å². The standard InChI is InChI=1S/C12H14BrClN2O2/c1-3-12(2,9(17)10(13)14)16-11(18)8-6-4-5-7-15-8/h4-7,10H,3H2,1-2H3,(H,16,18). The van der Waals surface area contributed by atoms with Crippen molar-refractivity contribution >= 4 is 39.2 Å². The zero-order chi connectivity index (χ0) is 13.8. The maximum absolute atomic E-state index is 12.0. The molecule has 2 atom stereocenters. The molecule has 4 nitrogen and oxygen atoms in total. The SMILES string of the molecule is CCC(C)(NC(=O)c1ccccn1)C(=O)C(Cl)Br. The molecule has 1 N–H and O–H groups in total. The van der Waals surface area contributed by atoms with E-state index < -0.39 is 15.7 Å². The fraction of sp³-hybridized carbons (Fsp3) is 0.417. The van der Waals surface area contributed by atoms with Crippen LogP contribution in [0.5, 0.6) is 0 Å². The van der Waals surface area contributed by atoms with Crippen molar-refractivity contribution in [3.05, 3.63) is 30.1 Å². The Hall–Kier alpha value is -0.940. The third-order valence-corrected chi connectivity index (χ3v) is 3.35. The summed E-state index contributed by atoms with van der Waals surface area (Å²) in [5, 5.41) is 2.68. The van der Waals surface area contributed by atoms with Crippen molar-refractivity contribution in [2.75, 3.05) is 0 Å². The largest absolute Gasteiger partial charge is 0.338 e. The number of nitrogens with zero attached hydrogens (tertiary/aromatic N) is 1. The highest BCUT2D eigenvalue weighted by atomic mass is 79.9.